The van der Waals surface area contributed by atoms with Crippen LogP contribution >= 0.6 is 0 Å². The Morgan fingerprint density at radius 3 is 2.78 bits per heavy atom. The number of aliphatic carboxylic acids is 1. The molecule has 0 radical (unpaired) electrons. The molecule has 1 saturated carbocycles. The molecule has 1 aliphatic carbocycles. The lowest BCUT2D eigenvalue weighted by atomic mass is 9.89. The monoisotopic (exact) mass is 254 g/mol. The highest BCUT2D eigenvalue weighted by molar-refractivity contribution is 5.70. The largest absolute Gasteiger partial charge is 0.493 e. The highest BCUT2D eigenvalue weighted by atomic mass is 19.1. The van der Waals surface area contributed by atoms with Crippen molar-refractivity contribution in [1.82, 2.24) is 0 Å². The Balaban J connectivity index is 2.10. The van der Waals surface area contributed by atoms with Crippen LogP contribution in [0.2, 0.25) is 0 Å². The molecule has 0 bridgehead atoms. The van der Waals surface area contributed by atoms with E-state index in [2.05, 4.69) is 0 Å². The second-order valence-corrected chi connectivity index (χ2v) is 4.97. The molecule has 0 aromatic heterocycles. The lowest BCUT2D eigenvalue weighted by Gasteiger charge is -2.16. The topological polar surface area (TPSA) is 46.5 Å². The predicted octanol–water partition coefficient (Wildman–Crippen LogP) is 2.41. The van der Waals surface area contributed by atoms with Crippen molar-refractivity contribution in [2.75, 3.05) is 6.61 Å². The van der Waals surface area contributed by atoms with Gasteiger partial charge in [-0.25, -0.2) is 8.78 Å². The molecule has 1 aromatic carbocycles. The van der Waals surface area contributed by atoms with Gasteiger partial charge < -0.3 is 9.84 Å². The van der Waals surface area contributed by atoms with Gasteiger partial charge in [0.05, 0.1) is 13.0 Å². The number of hydrogen-bond donors (Lipinski definition) is 1. The zero-order chi connectivity index (χ0) is 12.9. The fraction of sp³-hybridized carbons (Fsp3) is 0.462. The van der Waals surface area contributed by atoms with Gasteiger partial charge in [-0.2, -0.15) is 0 Å². The van der Waals surface area contributed by atoms with Crippen LogP contribution in [0, 0.1) is 11.6 Å². The number of carbonyl (C=O) groups is 1. The molecule has 0 unspecified atom stereocenters. The summed E-state index contributed by atoms with van der Waals surface area (Å²) in [4.78, 5) is 10.8. The SMILES string of the molecule is O=C(O)CC1(c2c(F)cc3c(c2F)CCO3)CC1. The molecular weight excluding hydrogens is 242 g/mol. The minimum atomic E-state index is -1.02. The van der Waals surface area contributed by atoms with E-state index in [0.29, 0.717) is 31.4 Å². The van der Waals surface area contributed by atoms with Gasteiger partial charge in [-0.15, -0.1) is 0 Å². The first kappa shape index (κ1) is 11.4. The summed E-state index contributed by atoms with van der Waals surface area (Å²) in [6, 6.07) is 1.18. The number of halogens is 2. The summed E-state index contributed by atoms with van der Waals surface area (Å²) in [5.41, 5.74) is -0.533. The van der Waals surface area contributed by atoms with E-state index in [4.69, 9.17) is 9.84 Å². The molecule has 0 amide bonds. The van der Waals surface area contributed by atoms with Crippen molar-refractivity contribution < 1.29 is 23.4 Å². The van der Waals surface area contributed by atoms with Crippen LogP contribution in [-0.4, -0.2) is 17.7 Å². The van der Waals surface area contributed by atoms with E-state index in [1.54, 1.807) is 0 Å². The minimum Gasteiger partial charge on any atom is -0.493 e. The maximum atomic E-state index is 14.3. The van der Waals surface area contributed by atoms with Crippen molar-refractivity contribution in [3.8, 4) is 5.75 Å². The highest BCUT2D eigenvalue weighted by Crippen LogP contribution is 2.54. The molecule has 96 valence electrons. The second-order valence-electron chi connectivity index (χ2n) is 4.97. The molecule has 1 fully saturated rings. The fourth-order valence-corrected chi connectivity index (χ4v) is 2.70. The Labute approximate surface area is 102 Å². The Kier molecular flexibility index (Phi) is 2.33. The lowest BCUT2D eigenvalue weighted by molar-refractivity contribution is -0.137. The maximum absolute atomic E-state index is 14.3. The number of rotatable bonds is 3. The van der Waals surface area contributed by atoms with Crippen molar-refractivity contribution in [2.24, 2.45) is 0 Å². The molecule has 0 saturated heterocycles. The summed E-state index contributed by atoms with van der Waals surface area (Å²) < 4.78 is 33.4. The van der Waals surface area contributed by atoms with Crippen molar-refractivity contribution in [3.63, 3.8) is 0 Å². The molecule has 3 nitrogen and oxygen atoms in total. The lowest BCUT2D eigenvalue weighted by Crippen LogP contribution is -2.17. The molecule has 1 N–H and O–H groups in total. The van der Waals surface area contributed by atoms with E-state index >= 15 is 0 Å². The fourth-order valence-electron chi connectivity index (χ4n) is 2.70. The molecule has 1 heterocycles. The van der Waals surface area contributed by atoms with Crippen LogP contribution in [0.4, 0.5) is 8.78 Å². The number of fused-ring (bicyclic) bond motifs is 1. The minimum absolute atomic E-state index is 0.0610. The van der Waals surface area contributed by atoms with Crippen LogP contribution in [0.5, 0.6) is 5.75 Å². The van der Waals surface area contributed by atoms with Crippen LogP contribution in [-0.2, 0) is 16.6 Å². The first-order valence-corrected chi connectivity index (χ1v) is 5.89. The summed E-state index contributed by atoms with van der Waals surface area (Å²) in [5, 5.41) is 8.86. The molecule has 1 aliphatic heterocycles. The maximum Gasteiger partial charge on any atom is 0.304 e. The third-order valence-electron chi connectivity index (χ3n) is 3.76. The van der Waals surface area contributed by atoms with Crippen LogP contribution in [0.15, 0.2) is 6.07 Å². The van der Waals surface area contributed by atoms with Gasteiger partial charge in [0.25, 0.3) is 0 Å². The Morgan fingerprint density at radius 2 is 2.17 bits per heavy atom. The van der Waals surface area contributed by atoms with Gasteiger partial charge in [-0.3, -0.25) is 4.79 Å². The van der Waals surface area contributed by atoms with Gasteiger partial charge in [0.15, 0.2) is 0 Å². The van der Waals surface area contributed by atoms with E-state index < -0.39 is 23.0 Å². The third kappa shape index (κ3) is 1.57. The van der Waals surface area contributed by atoms with Crippen LogP contribution in [0.3, 0.4) is 0 Å². The quantitative estimate of drug-likeness (QED) is 0.901. The summed E-state index contributed by atoms with van der Waals surface area (Å²) in [7, 11) is 0. The van der Waals surface area contributed by atoms with Crippen molar-refractivity contribution in [1.29, 1.82) is 0 Å². The number of hydrogen-bond acceptors (Lipinski definition) is 2. The predicted molar refractivity (Wildman–Crippen MR) is 58.7 cm³/mol. The number of carboxylic acids is 1. The van der Waals surface area contributed by atoms with E-state index in [1.807, 2.05) is 0 Å². The van der Waals surface area contributed by atoms with Gasteiger partial charge in [0.2, 0.25) is 0 Å². The molecular formula is C13H12F2O3. The number of benzene rings is 1. The average Bonchev–Trinajstić information content (AvgIpc) is 2.87. The third-order valence-corrected chi connectivity index (χ3v) is 3.76. The van der Waals surface area contributed by atoms with Crippen molar-refractivity contribution in [2.45, 2.75) is 31.1 Å². The summed E-state index contributed by atoms with van der Waals surface area (Å²) in [6.45, 7) is 0.348. The number of carboxylic acid groups (broad SMARTS) is 1. The van der Waals surface area contributed by atoms with Gasteiger partial charge in [0, 0.05) is 29.0 Å². The normalized spacial score (nSPS) is 19.2. The average molecular weight is 254 g/mol. The van der Waals surface area contributed by atoms with Crippen LogP contribution in [0.1, 0.15) is 30.4 Å². The van der Waals surface area contributed by atoms with Gasteiger partial charge in [-0.1, -0.05) is 0 Å². The molecule has 18 heavy (non-hydrogen) atoms. The summed E-state index contributed by atoms with van der Waals surface area (Å²) in [6.07, 6.45) is 1.23. The first-order chi connectivity index (χ1) is 8.53. The second kappa shape index (κ2) is 3.67. The van der Waals surface area contributed by atoms with E-state index in [-0.39, 0.29) is 17.7 Å². The molecule has 0 spiro atoms. The first-order valence-electron chi connectivity index (χ1n) is 5.89. The standard InChI is InChI=1S/C13H12F2O3/c14-8-5-9-7(1-4-18-9)12(15)11(8)13(2-3-13)6-10(16)17/h5H,1-4,6H2,(H,16,17). The van der Waals surface area contributed by atoms with Gasteiger partial charge in [0.1, 0.15) is 17.4 Å². The summed E-state index contributed by atoms with van der Waals surface area (Å²) >= 11 is 0. The van der Waals surface area contributed by atoms with Crippen LogP contribution in [0.25, 0.3) is 0 Å². The van der Waals surface area contributed by atoms with Crippen LogP contribution < -0.4 is 4.74 Å². The Hall–Kier alpha value is -1.65. The van der Waals surface area contributed by atoms with Crippen molar-refractivity contribution >= 4 is 5.97 Å². The Morgan fingerprint density at radius 1 is 1.44 bits per heavy atom. The zero-order valence-electron chi connectivity index (χ0n) is 9.63. The molecule has 1 aromatic rings. The molecule has 5 heteroatoms. The number of ether oxygens (including phenoxy) is 1. The molecule has 3 rings (SSSR count). The molecule has 0 atom stereocenters. The van der Waals surface area contributed by atoms with E-state index in [1.165, 1.54) is 6.07 Å². The molecule has 2 aliphatic rings. The smallest absolute Gasteiger partial charge is 0.304 e. The van der Waals surface area contributed by atoms with Gasteiger partial charge in [-0.05, 0) is 12.8 Å². The zero-order valence-corrected chi connectivity index (χ0v) is 9.63. The summed E-state index contributed by atoms with van der Waals surface area (Å²) in [5.74, 6) is -2.07. The highest BCUT2D eigenvalue weighted by Gasteiger charge is 2.50. The van der Waals surface area contributed by atoms with E-state index in [9.17, 15) is 13.6 Å². The van der Waals surface area contributed by atoms with Gasteiger partial charge >= 0.3 is 5.97 Å². The Bertz CT molecular complexity index is 536. The van der Waals surface area contributed by atoms with E-state index in [0.717, 1.165) is 0 Å². The van der Waals surface area contributed by atoms with Crippen molar-refractivity contribution in [3.05, 3.63) is 28.8 Å².